The van der Waals surface area contributed by atoms with Crippen LogP contribution in [0.1, 0.15) is 34.3 Å². The lowest BCUT2D eigenvalue weighted by atomic mass is 9.58. The van der Waals surface area contributed by atoms with Crippen LogP contribution in [0, 0.1) is 17.6 Å². The summed E-state index contributed by atoms with van der Waals surface area (Å²) in [5, 5.41) is 35.5. The molecule has 2 aromatic carbocycles. The summed E-state index contributed by atoms with van der Waals surface area (Å²) in [7, 11) is 0. The average molecular weight is 462 g/mol. The molecule has 12 heteroatoms. The van der Waals surface area contributed by atoms with Gasteiger partial charge in [-0.15, -0.1) is 0 Å². The minimum Gasteiger partial charge on any atom is -0.508 e. The van der Waals surface area contributed by atoms with Crippen LogP contribution in [0.4, 0.5) is 22.0 Å². The van der Waals surface area contributed by atoms with E-state index in [4.69, 9.17) is 15.3 Å². The smallest absolute Gasteiger partial charge is 0.419 e. The molecule has 1 aliphatic rings. The van der Waals surface area contributed by atoms with Crippen LogP contribution in [0.15, 0.2) is 36.4 Å². The topological polar surface area (TPSA) is 132 Å². The number of hydrogen-bond acceptors (Lipinski definition) is 4. The van der Waals surface area contributed by atoms with Crippen molar-refractivity contribution in [3.63, 3.8) is 0 Å². The van der Waals surface area contributed by atoms with Gasteiger partial charge in [0, 0.05) is 0 Å². The van der Waals surface area contributed by atoms with Crippen molar-refractivity contribution in [2.75, 3.05) is 0 Å². The maximum Gasteiger partial charge on any atom is 0.419 e. The maximum atomic E-state index is 12.7. The highest BCUT2D eigenvalue weighted by atomic mass is 19.4. The van der Waals surface area contributed by atoms with Crippen LogP contribution in [0.3, 0.4) is 0 Å². The first-order valence-electron chi connectivity index (χ1n) is 8.74. The van der Waals surface area contributed by atoms with Gasteiger partial charge >= 0.3 is 24.1 Å². The SMILES string of the molecule is O=C(O)C1CC(C(=O)O)(c2ccc(O)cc2)C1.O=C(O)c1cc(F)c(F)c(C(F)(F)F)c1. The van der Waals surface area contributed by atoms with E-state index >= 15 is 0 Å². The monoisotopic (exact) mass is 462 g/mol. The Hall–Kier alpha value is -3.70. The van der Waals surface area contributed by atoms with Crippen molar-refractivity contribution in [2.24, 2.45) is 5.92 Å². The lowest BCUT2D eigenvalue weighted by Gasteiger charge is -2.42. The van der Waals surface area contributed by atoms with E-state index in [1.54, 1.807) is 0 Å². The van der Waals surface area contributed by atoms with Crippen molar-refractivity contribution in [1.82, 2.24) is 0 Å². The fraction of sp³-hybridized carbons (Fsp3) is 0.250. The molecule has 0 radical (unpaired) electrons. The van der Waals surface area contributed by atoms with E-state index in [9.17, 15) is 41.4 Å². The summed E-state index contributed by atoms with van der Waals surface area (Å²) in [6.07, 6.45) is -4.93. The van der Waals surface area contributed by atoms with Crippen LogP contribution in [-0.4, -0.2) is 38.3 Å². The van der Waals surface area contributed by atoms with Gasteiger partial charge in [-0.2, -0.15) is 13.2 Å². The Morgan fingerprint density at radius 1 is 0.938 bits per heavy atom. The van der Waals surface area contributed by atoms with Gasteiger partial charge in [0.1, 0.15) is 5.75 Å². The molecule has 0 atom stereocenters. The molecule has 0 bridgehead atoms. The Balaban J connectivity index is 0.000000229. The Kier molecular flexibility index (Phi) is 6.76. The van der Waals surface area contributed by atoms with E-state index < -0.39 is 58.2 Å². The standard InChI is InChI=1S/C12H12O5.C8H3F5O2/c13-9-3-1-8(2-4-9)12(11(16)17)5-7(6-12)10(14)15;9-5-2-3(7(14)15)1-4(6(5)10)8(11,12)13/h1-4,7,13H,5-6H2,(H,14,15)(H,16,17);1-2H,(H,14,15). The molecule has 1 saturated carbocycles. The summed E-state index contributed by atoms with van der Waals surface area (Å²) in [6, 6.07) is 6.11. The molecule has 0 amide bonds. The molecule has 1 aliphatic carbocycles. The summed E-state index contributed by atoms with van der Waals surface area (Å²) >= 11 is 0. The number of carboxylic acids is 3. The third-order valence-corrected chi connectivity index (χ3v) is 4.95. The molecular formula is C20H15F5O7. The van der Waals surface area contributed by atoms with Crippen molar-refractivity contribution in [1.29, 1.82) is 0 Å². The van der Waals surface area contributed by atoms with Crippen molar-refractivity contribution in [3.8, 4) is 5.75 Å². The lowest BCUT2D eigenvalue weighted by molar-refractivity contribution is -0.157. The first-order chi connectivity index (χ1) is 14.7. The molecule has 32 heavy (non-hydrogen) atoms. The third-order valence-electron chi connectivity index (χ3n) is 4.95. The van der Waals surface area contributed by atoms with Crippen LogP contribution in [0.5, 0.6) is 5.75 Å². The van der Waals surface area contributed by atoms with Gasteiger partial charge in [-0.25, -0.2) is 13.6 Å². The maximum absolute atomic E-state index is 12.7. The summed E-state index contributed by atoms with van der Waals surface area (Å²) in [4.78, 5) is 32.3. The molecule has 7 nitrogen and oxygen atoms in total. The number of carboxylic acid groups (broad SMARTS) is 3. The number of phenolic OH excluding ortho intramolecular Hbond substituents is 1. The molecule has 0 spiro atoms. The first-order valence-corrected chi connectivity index (χ1v) is 8.74. The summed E-state index contributed by atoms with van der Waals surface area (Å²) in [6.45, 7) is 0. The number of hydrogen-bond donors (Lipinski definition) is 4. The lowest BCUT2D eigenvalue weighted by Crippen LogP contribution is -2.50. The Morgan fingerprint density at radius 3 is 1.88 bits per heavy atom. The van der Waals surface area contributed by atoms with Gasteiger partial charge in [-0.05, 0) is 42.7 Å². The first kappa shape index (κ1) is 24.6. The van der Waals surface area contributed by atoms with Gasteiger partial charge in [-0.1, -0.05) is 12.1 Å². The van der Waals surface area contributed by atoms with E-state index in [0.29, 0.717) is 5.56 Å². The van der Waals surface area contributed by atoms with Gasteiger partial charge in [0.05, 0.1) is 22.5 Å². The van der Waals surface area contributed by atoms with Crippen molar-refractivity contribution in [2.45, 2.75) is 24.4 Å². The molecule has 0 unspecified atom stereocenters. The van der Waals surface area contributed by atoms with Crippen LogP contribution in [-0.2, 0) is 21.2 Å². The Bertz CT molecular complexity index is 1040. The fourth-order valence-electron chi connectivity index (χ4n) is 3.19. The molecule has 0 heterocycles. The quantitative estimate of drug-likeness (QED) is 0.507. The summed E-state index contributed by atoms with van der Waals surface area (Å²) in [5.74, 6) is -8.22. The second-order valence-electron chi connectivity index (χ2n) is 7.00. The van der Waals surface area contributed by atoms with E-state index in [1.807, 2.05) is 0 Å². The Labute approximate surface area is 176 Å². The van der Waals surface area contributed by atoms with Crippen molar-refractivity contribution >= 4 is 17.9 Å². The van der Waals surface area contributed by atoms with E-state index in [-0.39, 0.29) is 30.7 Å². The predicted molar refractivity (Wildman–Crippen MR) is 96.1 cm³/mol. The number of halogens is 5. The fourth-order valence-corrected chi connectivity index (χ4v) is 3.19. The van der Waals surface area contributed by atoms with Crippen molar-refractivity contribution in [3.05, 3.63) is 64.7 Å². The zero-order chi connectivity index (χ0) is 24.4. The van der Waals surface area contributed by atoms with Gasteiger partial charge < -0.3 is 20.4 Å². The molecular weight excluding hydrogens is 447 g/mol. The zero-order valence-electron chi connectivity index (χ0n) is 15.9. The van der Waals surface area contributed by atoms with Crippen LogP contribution in [0.25, 0.3) is 0 Å². The third kappa shape index (κ3) is 4.95. The number of phenols is 1. The Morgan fingerprint density at radius 2 is 1.47 bits per heavy atom. The number of aromatic carboxylic acids is 1. The van der Waals surface area contributed by atoms with E-state index in [0.717, 1.165) is 0 Å². The molecule has 3 rings (SSSR count). The number of benzene rings is 2. The minimum atomic E-state index is -5.13. The molecule has 172 valence electrons. The number of carbonyl (C=O) groups is 3. The normalized spacial score (nSPS) is 19.8. The highest BCUT2D eigenvalue weighted by molar-refractivity contribution is 5.88. The zero-order valence-corrected chi connectivity index (χ0v) is 15.9. The molecule has 0 aromatic heterocycles. The number of rotatable bonds is 4. The highest BCUT2D eigenvalue weighted by Gasteiger charge is 2.54. The largest absolute Gasteiger partial charge is 0.508 e. The number of aromatic hydroxyl groups is 1. The van der Waals surface area contributed by atoms with E-state index in [1.165, 1.54) is 24.3 Å². The minimum absolute atomic E-state index is 0.0424. The van der Waals surface area contributed by atoms with Gasteiger partial charge in [-0.3, -0.25) is 9.59 Å². The second-order valence-corrected chi connectivity index (χ2v) is 7.00. The van der Waals surface area contributed by atoms with Gasteiger partial charge in [0.15, 0.2) is 11.6 Å². The molecule has 4 N–H and O–H groups in total. The number of aliphatic carboxylic acids is 2. The van der Waals surface area contributed by atoms with Gasteiger partial charge in [0.2, 0.25) is 0 Å². The van der Waals surface area contributed by atoms with E-state index in [2.05, 4.69) is 0 Å². The van der Waals surface area contributed by atoms with Crippen LogP contribution >= 0.6 is 0 Å². The molecule has 2 aromatic rings. The van der Waals surface area contributed by atoms with Crippen LogP contribution < -0.4 is 0 Å². The summed E-state index contributed by atoms with van der Waals surface area (Å²) in [5.41, 5.74) is -3.46. The summed E-state index contributed by atoms with van der Waals surface area (Å²) < 4.78 is 61.5. The number of alkyl halides is 3. The average Bonchev–Trinajstić information content (AvgIpc) is 2.63. The molecule has 1 fully saturated rings. The van der Waals surface area contributed by atoms with Crippen LogP contribution in [0.2, 0.25) is 0 Å². The van der Waals surface area contributed by atoms with Gasteiger partial charge in [0.25, 0.3) is 0 Å². The second kappa shape index (κ2) is 8.81. The van der Waals surface area contributed by atoms with Crippen molar-refractivity contribution < 1.29 is 56.8 Å². The molecule has 0 aliphatic heterocycles. The predicted octanol–water partition coefficient (Wildman–Crippen LogP) is 3.89. The highest BCUT2D eigenvalue weighted by Crippen LogP contribution is 2.48. The molecule has 0 saturated heterocycles.